The third-order valence-corrected chi connectivity index (χ3v) is 2.13. The Bertz CT molecular complexity index is 269. The molecule has 0 aliphatic heterocycles. The fourth-order valence-corrected chi connectivity index (χ4v) is 1.27. The number of hydrogen-bond donors (Lipinski definition) is 2. The Hall–Kier alpha value is -1.12. The number of benzene rings is 1. The summed E-state index contributed by atoms with van der Waals surface area (Å²) in [6.07, 6.45) is 4.89. The quantitative estimate of drug-likeness (QED) is 0.742. The highest BCUT2D eigenvalue weighted by atomic mass is 16.3. The molecule has 2 nitrogen and oxygen atoms in total. The van der Waals surface area contributed by atoms with Gasteiger partial charge in [-0.15, -0.1) is 0 Å². The van der Waals surface area contributed by atoms with Gasteiger partial charge in [-0.1, -0.05) is 42.5 Å². The van der Waals surface area contributed by atoms with E-state index in [9.17, 15) is 0 Å². The van der Waals surface area contributed by atoms with E-state index in [-0.39, 0.29) is 12.6 Å². The van der Waals surface area contributed by atoms with Crippen LogP contribution in [-0.4, -0.2) is 24.8 Å². The Morgan fingerprint density at radius 2 is 2.07 bits per heavy atom. The molecule has 0 fully saturated rings. The van der Waals surface area contributed by atoms with Crippen molar-refractivity contribution in [2.45, 2.75) is 12.5 Å². The van der Waals surface area contributed by atoms with Crippen LogP contribution in [0.3, 0.4) is 0 Å². The van der Waals surface area contributed by atoms with Crippen LogP contribution in [0.2, 0.25) is 0 Å². The molecule has 1 aromatic rings. The Kier molecular flexibility index (Phi) is 4.97. The standard InChI is InChI=1S/C12H17NO/c1-13-12(9-10-14)8-7-11-5-3-2-4-6-11/h2-8,12-14H,9-10H2,1H3/b8-7+. The molecular weight excluding hydrogens is 174 g/mol. The zero-order chi connectivity index (χ0) is 10.2. The Labute approximate surface area is 85.3 Å². The van der Waals surface area contributed by atoms with Crippen molar-refractivity contribution in [2.24, 2.45) is 0 Å². The zero-order valence-corrected chi connectivity index (χ0v) is 8.48. The van der Waals surface area contributed by atoms with Crippen molar-refractivity contribution >= 4 is 6.08 Å². The van der Waals surface area contributed by atoms with E-state index < -0.39 is 0 Å². The van der Waals surface area contributed by atoms with E-state index in [2.05, 4.69) is 29.6 Å². The average molecular weight is 191 g/mol. The van der Waals surface area contributed by atoms with E-state index in [1.807, 2.05) is 25.2 Å². The van der Waals surface area contributed by atoms with Crippen LogP contribution in [0.1, 0.15) is 12.0 Å². The van der Waals surface area contributed by atoms with Crippen LogP contribution in [0.25, 0.3) is 6.08 Å². The van der Waals surface area contributed by atoms with Crippen LogP contribution in [0.4, 0.5) is 0 Å². The topological polar surface area (TPSA) is 32.3 Å². The Morgan fingerprint density at radius 1 is 1.36 bits per heavy atom. The third-order valence-electron chi connectivity index (χ3n) is 2.13. The SMILES string of the molecule is CNC(/C=C/c1ccccc1)CCO. The van der Waals surface area contributed by atoms with Gasteiger partial charge in [-0.3, -0.25) is 0 Å². The summed E-state index contributed by atoms with van der Waals surface area (Å²) >= 11 is 0. The Morgan fingerprint density at radius 3 is 2.64 bits per heavy atom. The zero-order valence-electron chi connectivity index (χ0n) is 8.48. The number of rotatable bonds is 5. The summed E-state index contributed by atoms with van der Waals surface area (Å²) in [5.41, 5.74) is 1.19. The molecule has 0 aliphatic rings. The molecule has 0 aliphatic carbocycles. The van der Waals surface area contributed by atoms with Crippen molar-refractivity contribution in [3.8, 4) is 0 Å². The first kappa shape index (κ1) is 11.0. The van der Waals surface area contributed by atoms with Crippen LogP contribution < -0.4 is 5.32 Å². The second-order valence-electron chi connectivity index (χ2n) is 3.18. The molecule has 76 valence electrons. The van der Waals surface area contributed by atoms with Crippen molar-refractivity contribution in [1.82, 2.24) is 5.32 Å². The minimum Gasteiger partial charge on any atom is -0.396 e. The summed E-state index contributed by atoms with van der Waals surface area (Å²) in [5.74, 6) is 0. The summed E-state index contributed by atoms with van der Waals surface area (Å²) in [6, 6.07) is 10.4. The van der Waals surface area contributed by atoms with Gasteiger partial charge >= 0.3 is 0 Å². The molecule has 0 saturated carbocycles. The maximum Gasteiger partial charge on any atom is 0.0448 e. The van der Waals surface area contributed by atoms with Crippen molar-refractivity contribution < 1.29 is 5.11 Å². The molecule has 0 spiro atoms. The number of aliphatic hydroxyl groups excluding tert-OH is 1. The number of aliphatic hydroxyl groups is 1. The van der Waals surface area contributed by atoms with Crippen LogP contribution >= 0.6 is 0 Å². The van der Waals surface area contributed by atoms with Crippen molar-refractivity contribution in [1.29, 1.82) is 0 Å². The first-order chi connectivity index (χ1) is 6.86. The molecule has 1 atom stereocenters. The van der Waals surface area contributed by atoms with Gasteiger partial charge < -0.3 is 10.4 Å². The van der Waals surface area contributed by atoms with Crippen LogP contribution in [0.5, 0.6) is 0 Å². The molecule has 0 saturated heterocycles. The maximum absolute atomic E-state index is 8.79. The lowest BCUT2D eigenvalue weighted by Crippen LogP contribution is -2.23. The summed E-state index contributed by atoms with van der Waals surface area (Å²) in [5, 5.41) is 11.9. The van der Waals surface area contributed by atoms with E-state index in [4.69, 9.17) is 5.11 Å². The van der Waals surface area contributed by atoms with Gasteiger partial charge in [0.1, 0.15) is 0 Å². The van der Waals surface area contributed by atoms with E-state index in [0.717, 1.165) is 6.42 Å². The molecule has 1 aromatic carbocycles. The second kappa shape index (κ2) is 6.35. The lowest BCUT2D eigenvalue weighted by molar-refractivity contribution is 0.277. The van der Waals surface area contributed by atoms with Gasteiger partial charge in [0.2, 0.25) is 0 Å². The minimum atomic E-state index is 0.213. The molecule has 0 radical (unpaired) electrons. The number of nitrogens with one attached hydrogen (secondary N) is 1. The fourth-order valence-electron chi connectivity index (χ4n) is 1.27. The molecule has 14 heavy (non-hydrogen) atoms. The van der Waals surface area contributed by atoms with Crippen molar-refractivity contribution in [3.05, 3.63) is 42.0 Å². The first-order valence-corrected chi connectivity index (χ1v) is 4.88. The molecule has 0 aromatic heterocycles. The van der Waals surface area contributed by atoms with Crippen molar-refractivity contribution in [3.63, 3.8) is 0 Å². The summed E-state index contributed by atoms with van der Waals surface area (Å²) in [6.45, 7) is 0.213. The molecule has 0 heterocycles. The monoisotopic (exact) mass is 191 g/mol. The van der Waals surface area contributed by atoms with Gasteiger partial charge in [0.05, 0.1) is 0 Å². The molecule has 0 amide bonds. The summed E-state index contributed by atoms with van der Waals surface area (Å²) in [4.78, 5) is 0. The highest BCUT2D eigenvalue weighted by molar-refractivity contribution is 5.49. The van der Waals surface area contributed by atoms with Gasteiger partial charge in [0.15, 0.2) is 0 Å². The first-order valence-electron chi connectivity index (χ1n) is 4.88. The highest BCUT2D eigenvalue weighted by Gasteiger charge is 1.98. The van der Waals surface area contributed by atoms with Crippen LogP contribution in [0.15, 0.2) is 36.4 Å². The maximum atomic E-state index is 8.79. The Balaban J connectivity index is 2.53. The normalized spacial score (nSPS) is 13.3. The van der Waals surface area contributed by atoms with Gasteiger partial charge in [0.25, 0.3) is 0 Å². The minimum absolute atomic E-state index is 0.213. The average Bonchev–Trinajstić information content (AvgIpc) is 2.25. The van der Waals surface area contributed by atoms with Gasteiger partial charge in [0, 0.05) is 12.6 Å². The fraction of sp³-hybridized carbons (Fsp3) is 0.333. The molecule has 0 bridgehead atoms. The van der Waals surface area contributed by atoms with Gasteiger partial charge in [-0.05, 0) is 19.0 Å². The number of hydrogen-bond acceptors (Lipinski definition) is 2. The van der Waals surface area contributed by atoms with E-state index in [1.54, 1.807) is 0 Å². The van der Waals surface area contributed by atoms with Crippen LogP contribution in [0, 0.1) is 0 Å². The van der Waals surface area contributed by atoms with Crippen LogP contribution in [-0.2, 0) is 0 Å². The molecule has 2 N–H and O–H groups in total. The second-order valence-corrected chi connectivity index (χ2v) is 3.18. The number of likely N-dealkylation sites (N-methyl/N-ethyl adjacent to an activating group) is 1. The predicted molar refractivity (Wildman–Crippen MR) is 60.0 cm³/mol. The van der Waals surface area contributed by atoms with Gasteiger partial charge in [-0.2, -0.15) is 0 Å². The molecule has 1 unspecified atom stereocenters. The molecule has 2 heteroatoms. The third kappa shape index (κ3) is 3.73. The predicted octanol–water partition coefficient (Wildman–Crippen LogP) is 1.67. The highest BCUT2D eigenvalue weighted by Crippen LogP contribution is 2.03. The largest absolute Gasteiger partial charge is 0.396 e. The van der Waals surface area contributed by atoms with Crippen molar-refractivity contribution in [2.75, 3.05) is 13.7 Å². The van der Waals surface area contributed by atoms with E-state index in [1.165, 1.54) is 5.56 Å². The van der Waals surface area contributed by atoms with Gasteiger partial charge in [-0.25, -0.2) is 0 Å². The lowest BCUT2D eigenvalue weighted by Gasteiger charge is -2.08. The van der Waals surface area contributed by atoms with E-state index in [0.29, 0.717) is 0 Å². The summed E-state index contributed by atoms with van der Waals surface area (Å²) in [7, 11) is 1.90. The molecular formula is C12H17NO. The van der Waals surface area contributed by atoms with E-state index >= 15 is 0 Å². The lowest BCUT2D eigenvalue weighted by atomic mass is 10.1. The molecule has 1 rings (SSSR count). The summed E-state index contributed by atoms with van der Waals surface area (Å²) < 4.78 is 0. The smallest absolute Gasteiger partial charge is 0.0448 e.